The molecule has 12 heteroatoms. The van der Waals surface area contributed by atoms with E-state index in [1.54, 1.807) is 23.9 Å². The molecule has 2 N–H and O–H groups in total. The zero-order valence-corrected chi connectivity index (χ0v) is 21.9. The molecule has 1 saturated heterocycles. The minimum Gasteiger partial charge on any atom is -0.431 e. The van der Waals surface area contributed by atoms with E-state index in [0.29, 0.717) is 10.6 Å². The summed E-state index contributed by atoms with van der Waals surface area (Å²) in [5.41, 5.74) is 2.26. The highest BCUT2D eigenvalue weighted by molar-refractivity contribution is 8.06. The normalized spacial score (nSPS) is 25.6. The fourth-order valence-corrected chi connectivity index (χ4v) is 6.68. The molecule has 0 aromatic carbocycles. The van der Waals surface area contributed by atoms with Gasteiger partial charge in [0.15, 0.2) is 0 Å². The van der Waals surface area contributed by atoms with Crippen molar-refractivity contribution in [3.8, 4) is 0 Å². The largest absolute Gasteiger partial charge is 0.511 e. The summed E-state index contributed by atoms with van der Waals surface area (Å²) in [6.45, 7) is 4.67. The molecule has 1 unspecified atom stereocenters. The Labute approximate surface area is 217 Å². The summed E-state index contributed by atoms with van der Waals surface area (Å²) in [4.78, 5) is 45.0. The van der Waals surface area contributed by atoms with Gasteiger partial charge in [0.25, 0.3) is 0 Å². The second kappa shape index (κ2) is 11.3. The molecule has 1 aromatic heterocycles. The number of ether oxygens (including phenoxy) is 3. The first kappa shape index (κ1) is 26.6. The summed E-state index contributed by atoms with van der Waals surface area (Å²) in [6, 6.07) is -0.379. The van der Waals surface area contributed by atoms with Crippen LogP contribution in [0.15, 0.2) is 21.5 Å². The molecule has 36 heavy (non-hydrogen) atoms. The van der Waals surface area contributed by atoms with Crippen LogP contribution in [0.2, 0.25) is 0 Å². The average Bonchev–Trinajstić information content (AvgIpc) is 3.53. The standard InChI is InChI=1S/C24H30N2O8S2/c1-12-19-18(13(2)28)22(29)26(19)20(21(12)35-9-8-17-16(10-27)25-11-36-17)23(30)32-14(3)33-24(31)34-15-6-4-5-7-15/h8-9,11-15,18-19,27-28H,4-7,10H2,1-3H3/b9-8-/t12-,13-,14?,18-,19-/m1/s1. The van der Waals surface area contributed by atoms with E-state index < -0.39 is 30.4 Å². The number of carbonyl (C=O) groups excluding carboxylic acids is 3. The smallest absolute Gasteiger partial charge is 0.431 e. The number of β-lactam (4-membered cyclic amide) rings is 1. The maximum absolute atomic E-state index is 13.2. The second-order valence-electron chi connectivity index (χ2n) is 9.07. The SMILES string of the molecule is CC(OC(=O)OC1CCCC1)OC(=O)C1=C(S/C=C\c2scnc2CO)[C@H](C)[C@@H]2[C@@H]([C@@H](C)O)C(=O)N12. The van der Waals surface area contributed by atoms with Crippen molar-refractivity contribution in [3.63, 3.8) is 0 Å². The van der Waals surface area contributed by atoms with E-state index >= 15 is 0 Å². The van der Waals surface area contributed by atoms with Crippen LogP contribution in [0.5, 0.6) is 0 Å². The van der Waals surface area contributed by atoms with Crippen LogP contribution in [0, 0.1) is 11.8 Å². The molecular weight excluding hydrogens is 508 g/mol. The Hall–Kier alpha value is -2.41. The molecule has 1 aliphatic carbocycles. The molecule has 0 radical (unpaired) electrons. The lowest BCUT2D eigenvalue weighted by Crippen LogP contribution is -2.63. The van der Waals surface area contributed by atoms with Gasteiger partial charge in [-0.05, 0) is 44.1 Å². The van der Waals surface area contributed by atoms with Crippen molar-refractivity contribution < 1.29 is 38.8 Å². The predicted octanol–water partition coefficient (Wildman–Crippen LogP) is 3.39. The Balaban J connectivity index is 1.49. The van der Waals surface area contributed by atoms with Crippen molar-refractivity contribution in [1.29, 1.82) is 0 Å². The number of rotatable bonds is 9. The number of thioether (sulfide) groups is 1. The molecule has 3 aliphatic rings. The highest BCUT2D eigenvalue weighted by Crippen LogP contribution is 2.51. The zero-order valence-electron chi connectivity index (χ0n) is 20.3. The van der Waals surface area contributed by atoms with Crippen molar-refractivity contribution >= 4 is 47.2 Å². The molecular formula is C24H30N2O8S2. The van der Waals surface area contributed by atoms with Gasteiger partial charge in [-0.25, -0.2) is 14.6 Å². The molecule has 0 bridgehead atoms. The first-order valence-electron chi connectivity index (χ1n) is 11.9. The van der Waals surface area contributed by atoms with Crippen molar-refractivity contribution in [2.24, 2.45) is 11.8 Å². The Morgan fingerprint density at radius 2 is 2.03 bits per heavy atom. The Morgan fingerprint density at radius 3 is 2.69 bits per heavy atom. The van der Waals surface area contributed by atoms with E-state index in [4.69, 9.17) is 14.2 Å². The third-order valence-electron chi connectivity index (χ3n) is 6.64. The van der Waals surface area contributed by atoms with E-state index in [1.807, 2.05) is 6.92 Å². The topological polar surface area (TPSA) is 135 Å². The van der Waals surface area contributed by atoms with Gasteiger partial charge in [-0.3, -0.25) is 4.79 Å². The number of hydrogen-bond acceptors (Lipinski definition) is 11. The molecule has 1 amide bonds. The van der Waals surface area contributed by atoms with Gasteiger partial charge >= 0.3 is 12.1 Å². The van der Waals surface area contributed by atoms with Gasteiger partial charge < -0.3 is 29.3 Å². The van der Waals surface area contributed by atoms with Crippen molar-refractivity contribution in [2.45, 2.75) is 77.6 Å². The van der Waals surface area contributed by atoms with E-state index in [0.717, 1.165) is 30.6 Å². The summed E-state index contributed by atoms with van der Waals surface area (Å²) >= 11 is 2.63. The molecule has 1 saturated carbocycles. The first-order valence-corrected chi connectivity index (χ1v) is 13.7. The first-order chi connectivity index (χ1) is 17.2. The van der Waals surface area contributed by atoms with Crippen molar-refractivity contribution in [1.82, 2.24) is 9.88 Å². The number of thiazole rings is 1. The minimum atomic E-state index is -1.22. The number of nitrogens with zero attached hydrogens (tertiary/aromatic N) is 2. The zero-order chi connectivity index (χ0) is 26.0. The van der Waals surface area contributed by atoms with Gasteiger partial charge in [0.1, 0.15) is 11.8 Å². The van der Waals surface area contributed by atoms with E-state index in [-0.39, 0.29) is 36.3 Å². The van der Waals surface area contributed by atoms with Crippen LogP contribution in [0.4, 0.5) is 4.79 Å². The average molecular weight is 539 g/mol. The molecule has 4 rings (SSSR count). The number of aliphatic hydroxyl groups excluding tert-OH is 2. The summed E-state index contributed by atoms with van der Waals surface area (Å²) in [5.74, 6) is -2.01. The molecule has 2 fully saturated rings. The quantitative estimate of drug-likeness (QED) is 0.274. The molecule has 0 spiro atoms. The molecule has 3 heterocycles. The monoisotopic (exact) mass is 538 g/mol. The number of amides is 1. The fourth-order valence-electron chi connectivity index (χ4n) is 4.91. The molecule has 196 valence electrons. The summed E-state index contributed by atoms with van der Waals surface area (Å²) in [7, 11) is 0. The van der Waals surface area contributed by atoms with Gasteiger partial charge in [-0.2, -0.15) is 0 Å². The van der Waals surface area contributed by atoms with Crippen LogP contribution in [-0.4, -0.2) is 62.7 Å². The maximum Gasteiger partial charge on any atom is 0.511 e. The lowest BCUT2D eigenvalue weighted by atomic mass is 9.79. The van der Waals surface area contributed by atoms with Crippen LogP contribution in [0.25, 0.3) is 6.08 Å². The number of fused-ring (bicyclic) bond motifs is 1. The molecule has 2 aliphatic heterocycles. The van der Waals surface area contributed by atoms with E-state index in [9.17, 15) is 24.6 Å². The third kappa shape index (κ3) is 5.31. The van der Waals surface area contributed by atoms with Crippen molar-refractivity contribution in [3.05, 3.63) is 32.1 Å². The van der Waals surface area contributed by atoms with E-state index in [2.05, 4.69) is 4.98 Å². The van der Waals surface area contributed by atoms with Crippen LogP contribution < -0.4 is 0 Å². The maximum atomic E-state index is 13.2. The minimum absolute atomic E-state index is 0.0790. The predicted molar refractivity (Wildman–Crippen MR) is 132 cm³/mol. The van der Waals surface area contributed by atoms with Gasteiger partial charge in [0, 0.05) is 17.7 Å². The van der Waals surface area contributed by atoms with Gasteiger partial charge in [0.2, 0.25) is 12.2 Å². The van der Waals surface area contributed by atoms with Crippen LogP contribution in [-0.2, 0) is 30.4 Å². The number of hydrogen-bond donors (Lipinski definition) is 2. The van der Waals surface area contributed by atoms with Crippen molar-refractivity contribution in [2.75, 3.05) is 0 Å². The fraction of sp³-hybridized carbons (Fsp3) is 0.583. The van der Waals surface area contributed by atoms with Gasteiger partial charge in [-0.15, -0.1) is 11.3 Å². The van der Waals surface area contributed by atoms with E-state index in [1.165, 1.54) is 34.9 Å². The lowest BCUT2D eigenvalue weighted by molar-refractivity contribution is -0.174. The third-order valence-corrected chi connectivity index (χ3v) is 8.57. The number of aliphatic hydroxyl groups is 2. The van der Waals surface area contributed by atoms with Crippen LogP contribution in [0.3, 0.4) is 0 Å². The number of esters is 1. The lowest BCUT2D eigenvalue weighted by Gasteiger charge is -2.46. The molecule has 5 atom stereocenters. The molecule has 10 nitrogen and oxygen atoms in total. The number of carbonyl (C=O) groups is 3. The summed E-state index contributed by atoms with van der Waals surface area (Å²) < 4.78 is 15.7. The Kier molecular flexibility index (Phi) is 8.38. The summed E-state index contributed by atoms with van der Waals surface area (Å²) in [5, 5.41) is 21.3. The van der Waals surface area contributed by atoms with Crippen LogP contribution >= 0.6 is 23.1 Å². The highest BCUT2D eigenvalue weighted by atomic mass is 32.2. The molecule has 1 aromatic rings. The van der Waals surface area contributed by atoms with Crippen LogP contribution in [0.1, 0.15) is 57.0 Å². The Morgan fingerprint density at radius 1 is 1.31 bits per heavy atom. The Bertz CT molecular complexity index is 1060. The highest BCUT2D eigenvalue weighted by Gasteiger charge is 2.60. The van der Waals surface area contributed by atoms with Gasteiger partial charge in [-0.1, -0.05) is 18.7 Å². The second-order valence-corrected chi connectivity index (χ2v) is 10.9. The number of aromatic nitrogens is 1. The summed E-state index contributed by atoms with van der Waals surface area (Å²) in [6.07, 6.45) is 2.17. The van der Waals surface area contributed by atoms with Gasteiger partial charge in [0.05, 0.1) is 40.8 Å².